The van der Waals surface area contributed by atoms with E-state index in [0.29, 0.717) is 23.0 Å². The van der Waals surface area contributed by atoms with Crippen LogP contribution in [-0.2, 0) is 11.2 Å². The van der Waals surface area contributed by atoms with Crippen molar-refractivity contribution in [2.75, 3.05) is 0 Å². The van der Waals surface area contributed by atoms with Crippen molar-refractivity contribution in [3.05, 3.63) is 22.4 Å². The highest BCUT2D eigenvalue weighted by Gasteiger charge is 2.34. The summed E-state index contributed by atoms with van der Waals surface area (Å²) in [4.78, 5) is 13.4. The quantitative estimate of drug-likeness (QED) is 0.772. The molecule has 2 atom stereocenters. The van der Waals surface area contributed by atoms with Crippen LogP contribution in [0.25, 0.3) is 0 Å². The number of rotatable bonds is 3. The predicted octanol–water partition coefficient (Wildman–Crippen LogP) is 4.71. The molecule has 0 spiro atoms. The lowest BCUT2D eigenvalue weighted by Crippen LogP contribution is -2.32. The van der Waals surface area contributed by atoms with E-state index in [1.54, 1.807) is 0 Å². The Bertz CT molecular complexity index is 386. The van der Waals surface area contributed by atoms with Crippen molar-refractivity contribution in [1.29, 1.82) is 0 Å². The van der Waals surface area contributed by atoms with Gasteiger partial charge < -0.3 is 0 Å². The molecule has 1 nitrogen and oxygen atoms in total. The predicted molar refractivity (Wildman–Crippen MR) is 77.9 cm³/mol. The molecule has 1 aliphatic rings. The van der Waals surface area contributed by atoms with Gasteiger partial charge in [0.25, 0.3) is 0 Å². The SMILES string of the molecule is CC(C)(C)C1CCC(=O)C(CCc2cccs2)C1. The van der Waals surface area contributed by atoms with Crippen LogP contribution >= 0.6 is 11.3 Å². The maximum Gasteiger partial charge on any atom is 0.136 e. The summed E-state index contributed by atoms with van der Waals surface area (Å²) in [5.41, 5.74) is 0.349. The Balaban J connectivity index is 1.91. The van der Waals surface area contributed by atoms with E-state index in [-0.39, 0.29) is 0 Å². The molecule has 2 rings (SSSR count). The monoisotopic (exact) mass is 264 g/mol. The summed E-state index contributed by atoms with van der Waals surface area (Å²) in [5.74, 6) is 1.53. The molecule has 0 amide bonds. The molecule has 1 fully saturated rings. The van der Waals surface area contributed by atoms with Gasteiger partial charge in [0.1, 0.15) is 5.78 Å². The van der Waals surface area contributed by atoms with Crippen molar-refractivity contribution in [2.45, 2.75) is 52.9 Å². The minimum atomic E-state index is 0.310. The number of carbonyl (C=O) groups excluding carboxylic acids is 1. The first-order chi connectivity index (χ1) is 8.47. The molecule has 0 radical (unpaired) electrons. The lowest BCUT2D eigenvalue weighted by Gasteiger charge is -2.37. The van der Waals surface area contributed by atoms with Gasteiger partial charge in [0.15, 0.2) is 0 Å². The second-order valence-corrected chi connectivity index (χ2v) is 7.65. The van der Waals surface area contributed by atoms with Gasteiger partial charge in [-0.2, -0.15) is 0 Å². The lowest BCUT2D eigenvalue weighted by atomic mass is 9.68. The molecule has 1 aliphatic carbocycles. The molecule has 0 aliphatic heterocycles. The minimum absolute atomic E-state index is 0.310. The van der Waals surface area contributed by atoms with Crippen LogP contribution in [0.2, 0.25) is 0 Å². The summed E-state index contributed by atoms with van der Waals surface area (Å²) < 4.78 is 0. The van der Waals surface area contributed by atoms with E-state index in [1.807, 2.05) is 11.3 Å². The van der Waals surface area contributed by atoms with Crippen molar-refractivity contribution in [1.82, 2.24) is 0 Å². The Hall–Kier alpha value is -0.630. The molecule has 1 aromatic rings. The summed E-state index contributed by atoms with van der Waals surface area (Å²) in [6.45, 7) is 6.93. The Morgan fingerprint density at radius 2 is 2.17 bits per heavy atom. The van der Waals surface area contributed by atoms with Crippen LogP contribution in [0.15, 0.2) is 17.5 Å². The third-order valence-corrected chi connectivity index (χ3v) is 5.24. The van der Waals surface area contributed by atoms with Crippen molar-refractivity contribution in [2.24, 2.45) is 17.3 Å². The maximum absolute atomic E-state index is 12.0. The third-order valence-electron chi connectivity index (χ3n) is 4.31. The number of ketones is 1. The molecule has 1 saturated carbocycles. The van der Waals surface area contributed by atoms with Gasteiger partial charge in [-0.3, -0.25) is 4.79 Å². The standard InChI is InChI=1S/C16H24OS/c1-16(2,3)13-7-9-15(17)12(11-13)6-8-14-5-4-10-18-14/h4-5,10,12-13H,6-9,11H2,1-3H3. The van der Waals surface area contributed by atoms with E-state index in [0.717, 1.165) is 32.1 Å². The fourth-order valence-electron chi connectivity index (χ4n) is 2.95. The van der Waals surface area contributed by atoms with Gasteiger partial charge in [0, 0.05) is 17.2 Å². The first-order valence-corrected chi connectivity index (χ1v) is 7.90. The third kappa shape index (κ3) is 3.44. The van der Waals surface area contributed by atoms with Crippen molar-refractivity contribution in [3.63, 3.8) is 0 Å². The van der Waals surface area contributed by atoms with Crippen LogP contribution < -0.4 is 0 Å². The van der Waals surface area contributed by atoms with Gasteiger partial charge >= 0.3 is 0 Å². The fourth-order valence-corrected chi connectivity index (χ4v) is 3.67. The Morgan fingerprint density at radius 1 is 1.39 bits per heavy atom. The molecule has 100 valence electrons. The Morgan fingerprint density at radius 3 is 2.78 bits per heavy atom. The highest BCUT2D eigenvalue weighted by Crippen LogP contribution is 2.40. The molecule has 0 bridgehead atoms. The zero-order chi connectivity index (χ0) is 13.2. The molecular formula is C16H24OS. The van der Waals surface area contributed by atoms with Crippen LogP contribution in [0.5, 0.6) is 0 Å². The number of thiophene rings is 1. The van der Waals surface area contributed by atoms with Gasteiger partial charge in [0.05, 0.1) is 0 Å². The number of hydrogen-bond donors (Lipinski definition) is 0. The first-order valence-electron chi connectivity index (χ1n) is 7.02. The summed E-state index contributed by atoms with van der Waals surface area (Å²) in [6.07, 6.45) is 5.12. The minimum Gasteiger partial charge on any atom is -0.299 e. The highest BCUT2D eigenvalue weighted by atomic mass is 32.1. The molecular weight excluding hydrogens is 240 g/mol. The summed E-state index contributed by atoms with van der Waals surface area (Å²) in [7, 11) is 0. The molecule has 2 heteroatoms. The molecule has 0 aromatic carbocycles. The molecule has 18 heavy (non-hydrogen) atoms. The molecule has 2 unspecified atom stereocenters. The largest absolute Gasteiger partial charge is 0.299 e. The number of hydrogen-bond acceptors (Lipinski definition) is 2. The van der Waals surface area contributed by atoms with Crippen LogP contribution in [-0.4, -0.2) is 5.78 Å². The average molecular weight is 264 g/mol. The smallest absolute Gasteiger partial charge is 0.136 e. The van der Waals surface area contributed by atoms with E-state index in [4.69, 9.17) is 0 Å². The van der Waals surface area contributed by atoms with Gasteiger partial charge in [0.2, 0.25) is 0 Å². The molecule has 0 N–H and O–H groups in total. The van der Waals surface area contributed by atoms with Gasteiger partial charge in [-0.05, 0) is 48.5 Å². The summed E-state index contributed by atoms with van der Waals surface area (Å²) in [6, 6.07) is 4.28. The number of aryl methyl sites for hydroxylation is 1. The molecule has 1 heterocycles. The van der Waals surface area contributed by atoms with Gasteiger partial charge in [-0.25, -0.2) is 0 Å². The van der Waals surface area contributed by atoms with Crippen molar-refractivity contribution >= 4 is 17.1 Å². The summed E-state index contributed by atoms with van der Waals surface area (Å²) in [5, 5.41) is 2.12. The second kappa shape index (κ2) is 5.56. The van der Waals surface area contributed by atoms with Crippen LogP contribution in [0.1, 0.15) is 51.3 Å². The average Bonchev–Trinajstić information content (AvgIpc) is 2.79. The van der Waals surface area contributed by atoms with E-state index in [2.05, 4.69) is 38.3 Å². The maximum atomic E-state index is 12.0. The van der Waals surface area contributed by atoms with E-state index in [1.165, 1.54) is 4.88 Å². The number of carbonyl (C=O) groups is 1. The zero-order valence-electron chi connectivity index (χ0n) is 11.7. The lowest BCUT2D eigenvalue weighted by molar-refractivity contribution is -0.126. The van der Waals surface area contributed by atoms with E-state index in [9.17, 15) is 4.79 Å². The number of Topliss-reactive ketones (excluding diaryl/α,β-unsaturated/α-hetero) is 1. The van der Waals surface area contributed by atoms with Crippen molar-refractivity contribution < 1.29 is 4.79 Å². The Kier molecular flexibility index (Phi) is 4.26. The van der Waals surface area contributed by atoms with Crippen LogP contribution in [0.3, 0.4) is 0 Å². The summed E-state index contributed by atoms with van der Waals surface area (Å²) >= 11 is 1.81. The highest BCUT2D eigenvalue weighted by molar-refractivity contribution is 7.09. The molecule has 0 saturated heterocycles. The second-order valence-electron chi connectivity index (χ2n) is 6.62. The normalized spacial score (nSPS) is 25.4. The van der Waals surface area contributed by atoms with Gasteiger partial charge in [-0.15, -0.1) is 11.3 Å². The van der Waals surface area contributed by atoms with Crippen molar-refractivity contribution in [3.8, 4) is 0 Å². The van der Waals surface area contributed by atoms with Gasteiger partial charge in [-0.1, -0.05) is 26.8 Å². The first kappa shape index (κ1) is 13.8. The van der Waals surface area contributed by atoms with E-state index >= 15 is 0 Å². The van der Waals surface area contributed by atoms with E-state index < -0.39 is 0 Å². The zero-order valence-corrected chi connectivity index (χ0v) is 12.6. The molecule has 1 aromatic heterocycles. The Labute approximate surface area is 115 Å². The fraction of sp³-hybridized carbons (Fsp3) is 0.688. The topological polar surface area (TPSA) is 17.1 Å². The van der Waals surface area contributed by atoms with Crippen LogP contribution in [0, 0.1) is 17.3 Å². The van der Waals surface area contributed by atoms with Crippen LogP contribution in [0.4, 0.5) is 0 Å².